The van der Waals surface area contributed by atoms with E-state index in [4.69, 9.17) is 9.72 Å². The summed E-state index contributed by atoms with van der Waals surface area (Å²) >= 11 is 0. The third kappa shape index (κ3) is 6.95. The molecule has 0 saturated carbocycles. The van der Waals surface area contributed by atoms with Crippen molar-refractivity contribution in [2.75, 3.05) is 9.80 Å². The Morgan fingerprint density at radius 2 is 1.22 bits per heavy atom. The van der Waals surface area contributed by atoms with E-state index in [1.54, 1.807) is 0 Å². The first-order chi connectivity index (χ1) is 25.1. The second-order valence-corrected chi connectivity index (χ2v) is 17.2. The molecule has 0 unspecified atom stereocenters. The summed E-state index contributed by atoms with van der Waals surface area (Å²) in [6.07, 6.45) is 1.91. The Morgan fingerprint density at radius 1 is 0.574 bits per heavy atom. The molecule has 3 heterocycles. The van der Waals surface area contributed by atoms with E-state index < -0.39 is 0 Å². The van der Waals surface area contributed by atoms with Gasteiger partial charge in [0.05, 0.1) is 0 Å². The molecule has 278 valence electrons. The average Bonchev–Trinajstić information content (AvgIpc) is 3.67. The minimum absolute atomic E-state index is 0. The van der Waals surface area contributed by atoms with Gasteiger partial charge in [0.1, 0.15) is 5.82 Å². The number of anilines is 4. The van der Waals surface area contributed by atoms with Crippen LogP contribution in [0.5, 0.6) is 11.5 Å². The Hall–Kier alpha value is -4.86. The van der Waals surface area contributed by atoms with Gasteiger partial charge < -0.3 is 19.1 Å². The molecule has 0 radical (unpaired) electrons. The van der Waals surface area contributed by atoms with Crippen LogP contribution in [0.2, 0.25) is 0 Å². The first-order valence-corrected chi connectivity index (χ1v) is 18.5. The van der Waals surface area contributed by atoms with Crippen LogP contribution in [-0.4, -0.2) is 9.55 Å². The third-order valence-corrected chi connectivity index (χ3v) is 10.2. The van der Waals surface area contributed by atoms with Crippen molar-refractivity contribution in [2.45, 2.75) is 78.6 Å². The molecule has 1 aliphatic heterocycles. The van der Waals surface area contributed by atoms with E-state index in [0.29, 0.717) is 11.5 Å². The maximum atomic E-state index is 6.58. The summed E-state index contributed by atoms with van der Waals surface area (Å²) in [7, 11) is 0. The maximum absolute atomic E-state index is 6.58. The summed E-state index contributed by atoms with van der Waals surface area (Å²) in [5.74, 6) is 2.09. The van der Waals surface area contributed by atoms with Crippen LogP contribution < -0.4 is 14.5 Å². The van der Waals surface area contributed by atoms with E-state index in [0.717, 1.165) is 45.0 Å². The van der Waals surface area contributed by atoms with Crippen LogP contribution in [0, 0.1) is 18.8 Å². The predicted octanol–water partition coefficient (Wildman–Crippen LogP) is 12.9. The first kappa shape index (κ1) is 37.5. The molecule has 0 atom stereocenters. The fourth-order valence-corrected chi connectivity index (χ4v) is 7.08. The molecular formula is C48H47N4OPt-3. The van der Waals surface area contributed by atoms with E-state index in [2.05, 4.69) is 186 Å². The number of nitrogens with zero attached hydrogens (tertiary/aromatic N) is 4. The minimum Gasteiger partial charge on any atom is -0.509 e. The summed E-state index contributed by atoms with van der Waals surface area (Å²) in [5, 5.41) is 2.28. The topological polar surface area (TPSA) is 33.5 Å². The third-order valence-electron chi connectivity index (χ3n) is 10.2. The number of pyridine rings is 1. The second kappa shape index (κ2) is 13.8. The van der Waals surface area contributed by atoms with Crippen LogP contribution in [0.25, 0.3) is 27.6 Å². The van der Waals surface area contributed by atoms with Crippen molar-refractivity contribution in [1.29, 1.82) is 0 Å². The summed E-state index contributed by atoms with van der Waals surface area (Å²) in [5.41, 5.74) is 10.1. The molecule has 8 rings (SSSR count). The molecule has 0 N–H and O–H groups in total. The van der Waals surface area contributed by atoms with Crippen LogP contribution in [0.1, 0.15) is 79.0 Å². The maximum Gasteiger partial charge on any atom is 0.135 e. The van der Waals surface area contributed by atoms with Gasteiger partial charge in [-0.25, -0.2) is 4.98 Å². The zero-order valence-electron chi connectivity index (χ0n) is 32.6. The molecule has 0 saturated heterocycles. The molecule has 6 heteroatoms. The Bertz CT molecular complexity index is 2490. The van der Waals surface area contributed by atoms with Crippen molar-refractivity contribution >= 4 is 44.6 Å². The van der Waals surface area contributed by atoms with Crippen LogP contribution in [0.15, 0.2) is 115 Å². The second-order valence-electron chi connectivity index (χ2n) is 17.2. The summed E-state index contributed by atoms with van der Waals surface area (Å²) in [6, 6.07) is 45.8. The number of hydrogen-bond donors (Lipinski definition) is 0. The van der Waals surface area contributed by atoms with Gasteiger partial charge in [-0.15, -0.1) is 48.1 Å². The molecule has 5 aromatic carbocycles. The number of para-hydroxylation sites is 2. The average molecular weight is 891 g/mol. The Kier molecular flexibility index (Phi) is 9.55. The Labute approximate surface area is 334 Å². The monoisotopic (exact) mass is 890 g/mol. The van der Waals surface area contributed by atoms with Crippen LogP contribution >= 0.6 is 0 Å². The van der Waals surface area contributed by atoms with E-state index >= 15 is 0 Å². The van der Waals surface area contributed by atoms with Gasteiger partial charge in [-0.2, -0.15) is 12.1 Å². The molecule has 0 amide bonds. The van der Waals surface area contributed by atoms with Crippen LogP contribution in [0.3, 0.4) is 0 Å². The van der Waals surface area contributed by atoms with Crippen molar-refractivity contribution in [3.8, 4) is 17.3 Å². The summed E-state index contributed by atoms with van der Waals surface area (Å²) < 4.78 is 8.80. The smallest absolute Gasteiger partial charge is 0.135 e. The van der Waals surface area contributed by atoms with Gasteiger partial charge >= 0.3 is 0 Å². The minimum atomic E-state index is -0.0184. The van der Waals surface area contributed by atoms with Gasteiger partial charge in [0.25, 0.3) is 0 Å². The van der Waals surface area contributed by atoms with Crippen LogP contribution in [-0.2, 0) is 37.3 Å². The fourth-order valence-electron chi connectivity index (χ4n) is 7.08. The number of fused-ring (bicyclic) bond motifs is 4. The molecule has 1 aliphatic rings. The van der Waals surface area contributed by atoms with Crippen molar-refractivity contribution in [3.05, 3.63) is 151 Å². The van der Waals surface area contributed by atoms with Crippen molar-refractivity contribution in [2.24, 2.45) is 0 Å². The van der Waals surface area contributed by atoms with E-state index in [1.807, 2.05) is 24.4 Å². The Morgan fingerprint density at radius 3 is 1.94 bits per heavy atom. The molecule has 0 fully saturated rings. The van der Waals surface area contributed by atoms with Gasteiger partial charge in [-0.3, -0.25) is 0 Å². The standard InChI is InChI=1S/C48H47N4O.Pt/c1-46(2,3)32-14-12-15-35(26-32)50-31-51(43-19-11-10-18-42(43)50)36-16-13-17-37(29-36)53-38-21-22-39-40-27-33(47(4,5)6)20-23-41(40)52(44(39)30-38)45-28-34(24-25-49-45)48(7,8)9;/h10-28,31H,1-9H3;/q-3;. The van der Waals surface area contributed by atoms with Crippen molar-refractivity contribution < 1.29 is 25.8 Å². The normalized spacial score (nSPS) is 13.4. The first-order valence-electron chi connectivity index (χ1n) is 18.5. The largest absolute Gasteiger partial charge is 0.509 e. The zero-order chi connectivity index (χ0) is 37.3. The van der Waals surface area contributed by atoms with E-state index in [9.17, 15) is 0 Å². The zero-order valence-corrected chi connectivity index (χ0v) is 34.8. The SMILES string of the molecule is CC(C)(C)c1cccc(N2[CH-]N(c3[c-]c(Oc4[c-]c5c(cc4)c4cc(C(C)(C)C)ccc4n5-c4cc(C(C)(C)C)ccn4)ccc3)c3ccccc32)c1.[Pt]. The van der Waals surface area contributed by atoms with E-state index in [1.165, 1.54) is 22.1 Å². The fraction of sp³-hybridized carbons (Fsp3) is 0.250. The Balaban J connectivity index is 0.00000450. The van der Waals surface area contributed by atoms with Gasteiger partial charge in [0.2, 0.25) is 0 Å². The number of hydrogen-bond acceptors (Lipinski definition) is 4. The molecule has 0 bridgehead atoms. The van der Waals surface area contributed by atoms with Gasteiger partial charge in [-0.1, -0.05) is 104 Å². The van der Waals surface area contributed by atoms with Gasteiger partial charge in [0.15, 0.2) is 0 Å². The molecule has 0 spiro atoms. The molecule has 0 aliphatic carbocycles. The van der Waals surface area contributed by atoms with Crippen LogP contribution in [0.4, 0.5) is 22.7 Å². The number of rotatable bonds is 5. The van der Waals surface area contributed by atoms with Gasteiger partial charge in [0, 0.05) is 61.3 Å². The number of ether oxygens (including phenoxy) is 1. The number of benzene rings is 5. The summed E-state index contributed by atoms with van der Waals surface area (Å²) in [6.45, 7) is 22.4. The van der Waals surface area contributed by atoms with Crippen molar-refractivity contribution in [1.82, 2.24) is 9.55 Å². The number of aromatic nitrogens is 2. The quantitative estimate of drug-likeness (QED) is 0.161. The molecule has 2 aromatic heterocycles. The van der Waals surface area contributed by atoms with E-state index in [-0.39, 0.29) is 37.3 Å². The summed E-state index contributed by atoms with van der Waals surface area (Å²) in [4.78, 5) is 9.31. The molecular weight excluding hydrogens is 844 g/mol. The predicted molar refractivity (Wildman–Crippen MR) is 220 cm³/mol. The molecule has 5 nitrogen and oxygen atoms in total. The van der Waals surface area contributed by atoms with Gasteiger partial charge in [-0.05, 0) is 80.8 Å². The molecule has 54 heavy (non-hydrogen) atoms. The molecule has 7 aromatic rings. The van der Waals surface area contributed by atoms with Crippen molar-refractivity contribution in [3.63, 3.8) is 0 Å².